The van der Waals surface area contributed by atoms with Crippen LogP contribution in [-0.4, -0.2) is 83.8 Å². The molecule has 0 aromatic heterocycles. The number of hydroxylamine groups is 1. The van der Waals surface area contributed by atoms with E-state index in [1.54, 1.807) is 23.9 Å². The molecule has 1 aromatic carbocycles. The maximum Gasteiger partial charge on any atom is 0.268 e. The Labute approximate surface area is 186 Å². The number of aliphatic hydroxyl groups is 1. The molecule has 0 bridgehead atoms. The summed E-state index contributed by atoms with van der Waals surface area (Å²) in [5.74, 6) is -1.37. The first-order chi connectivity index (χ1) is 14.9. The molecule has 0 spiro atoms. The monoisotopic (exact) mass is 446 g/mol. The molecule has 2 heterocycles. The van der Waals surface area contributed by atoms with Crippen LogP contribution in [0.5, 0.6) is 0 Å². The van der Waals surface area contributed by atoms with E-state index in [0.717, 1.165) is 38.3 Å². The molecule has 2 amide bonds. The largest absolute Gasteiger partial charge is 0.391 e. The second kappa shape index (κ2) is 10.9. The molecule has 1 unspecified atom stereocenters. The molecule has 0 saturated carbocycles. The molecule has 1 fully saturated rings. The Morgan fingerprint density at radius 2 is 1.87 bits per heavy atom. The van der Waals surface area contributed by atoms with Gasteiger partial charge in [0.25, 0.3) is 11.8 Å². The molecule has 0 aliphatic carbocycles. The minimum absolute atomic E-state index is 0.179. The van der Waals surface area contributed by atoms with E-state index in [1.165, 1.54) is 18.0 Å². The Kier molecular flexibility index (Phi) is 8.28. The van der Waals surface area contributed by atoms with Crippen molar-refractivity contribution in [1.82, 2.24) is 20.6 Å². The van der Waals surface area contributed by atoms with Gasteiger partial charge in [0.15, 0.2) is 0 Å². The summed E-state index contributed by atoms with van der Waals surface area (Å²) in [7, 11) is 2.16. The van der Waals surface area contributed by atoms with E-state index in [-0.39, 0.29) is 5.25 Å². The average molecular weight is 447 g/mol. The third kappa shape index (κ3) is 6.41. The topological polar surface area (TPSA) is 105 Å². The standard InChI is InChI=1S/C22H30N4O4S/c1-15(27)20(22(29)24-30)23-21(28)18-6-4-17(5-7-18)19-8-3-16(14-31-19)13-26-11-9-25(2)10-12-26/h3-8,14-15,19-20,27,30H,9-13H2,1-2H3,(H,23,28)(H,24,29)/t15-,19?,20+/m1/s1. The van der Waals surface area contributed by atoms with Crippen LogP contribution >= 0.6 is 11.8 Å². The number of hydrogen-bond donors (Lipinski definition) is 4. The summed E-state index contributed by atoms with van der Waals surface area (Å²) in [6, 6.07) is 5.93. The van der Waals surface area contributed by atoms with Gasteiger partial charge < -0.3 is 15.3 Å². The van der Waals surface area contributed by atoms with E-state index >= 15 is 0 Å². The summed E-state index contributed by atoms with van der Waals surface area (Å²) in [5.41, 5.74) is 4.21. The molecule has 1 saturated heterocycles. The van der Waals surface area contributed by atoms with Gasteiger partial charge in [-0.05, 0) is 42.6 Å². The zero-order valence-corrected chi connectivity index (χ0v) is 18.6. The highest BCUT2D eigenvalue weighted by Gasteiger charge is 2.26. The van der Waals surface area contributed by atoms with Crippen molar-refractivity contribution in [3.8, 4) is 0 Å². The predicted octanol–water partition coefficient (Wildman–Crippen LogP) is 1.15. The summed E-state index contributed by atoms with van der Waals surface area (Å²) in [4.78, 5) is 28.8. The van der Waals surface area contributed by atoms with E-state index in [9.17, 15) is 14.7 Å². The first-order valence-electron chi connectivity index (χ1n) is 10.3. The first-order valence-corrected chi connectivity index (χ1v) is 11.3. The Balaban J connectivity index is 1.55. The Bertz CT molecular complexity index is 832. The van der Waals surface area contributed by atoms with E-state index in [1.807, 2.05) is 12.1 Å². The minimum atomic E-state index is -1.24. The molecule has 8 nitrogen and oxygen atoms in total. The van der Waals surface area contributed by atoms with Crippen LogP contribution in [0.3, 0.4) is 0 Å². The van der Waals surface area contributed by atoms with Gasteiger partial charge in [-0.2, -0.15) is 0 Å². The first kappa shape index (κ1) is 23.5. The maximum absolute atomic E-state index is 12.4. The number of thioether (sulfide) groups is 1. The van der Waals surface area contributed by atoms with Crippen molar-refractivity contribution in [2.75, 3.05) is 39.8 Å². The quantitative estimate of drug-likeness (QED) is 0.368. The second-order valence-electron chi connectivity index (χ2n) is 7.98. The van der Waals surface area contributed by atoms with Crippen molar-refractivity contribution in [2.45, 2.75) is 24.3 Å². The van der Waals surface area contributed by atoms with Crippen molar-refractivity contribution >= 4 is 23.6 Å². The van der Waals surface area contributed by atoms with Crippen LogP contribution in [0.4, 0.5) is 0 Å². The van der Waals surface area contributed by atoms with E-state index in [0.29, 0.717) is 5.56 Å². The zero-order valence-electron chi connectivity index (χ0n) is 17.8. The minimum Gasteiger partial charge on any atom is -0.391 e. The van der Waals surface area contributed by atoms with E-state index in [2.05, 4.69) is 39.7 Å². The van der Waals surface area contributed by atoms with Crippen LogP contribution in [0.2, 0.25) is 0 Å². The lowest BCUT2D eigenvalue weighted by molar-refractivity contribution is -0.133. The molecule has 31 heavy (non-hydrogen) atoms. The Morgan fingerprint density at radius 3 is 2.42 bits per heavy atom. The number of aliphatic hydroxyl groups excluding tert-OH is 1. The van der Waals surface area contributed by atoms with Gasteiger partial charge in [-0.1, -0.05) is 24.3 Å². The number of likely N-dealkylation sites (N-methyl/N-ethyl adjacent to an activating group) is 1. The SMILES string of the molecule is C[C@@H](O)[C@H](NC(=O)c1ccc(C2C=CC(CN3CCN(C)CC3)=CS2)cc1)C(=O)NO. The van der Waals surface area contributed by atoms with Crippen molar-refractivity contribution < 1.29 is 19.9 Å². The smallest absolute Gasteiger partial charge is 0.268 e. The molecule has 0 radical (unpaired) electrons. The van der Waals surface area contributed by atoms with Gasteiger partial charge in [-0.25, -0.2) is 5.48 Å². The molecular formula is C22H30N4O4S. The number of amides is 2. The second-order valence-corrected chi connectivity index (χ2v) is 8.99. The number of nitrogens with one attached hydrogen (secondary N) is 2. The molecule has 168 valence electrons. The molecule has 3 atom stereocenters. The summed E-state index contributed by atoms with van der Waals surface area (Å²) < 4.78 is 0. The van der Waals surface area contributed by atoms with Crippen molar-refractivity contribution in [3.63, 3.8) is 0 Å². The fraction of sp³-hybridized carbons (Fsp3) is 0.455. The molecule has 1 aromatic rings. The molecule has 3 rings (SSSR count). The van der Waals surface area contributed by atoms with Crippen molar-refractivity contribution in [1.29, 1.82) is 0 Å². The molecular weight excluding hydrogens is 416 g/mol. The Hall–Kier alpha value is -2.17. The number of rotatable bonds is 7. The summed E-state index contributed by atoms with van der Waals surface area (Å²) in [5, 5.41) is 23.2. The average Bonchev–Trinajstić information content (AvgIpc) is 2.79. The highest BCUT2D eigenvalue weighted by Crippen LogP contribution is 2.35. The van der Waals surface area contributed by atoms with Gasteiger partial charge in [0.05, 0.1) is 11.4 Å². The molecule has 2 aliphatic heterocycles. The number of carbonyl (C=O) groups is 2. The lowest BCUT2D eigenvalue weighted by atomic mass is 10.1. The fourth-order valence-electron chi connectivity index (χ4n) is 3.52. The highest BCUT2D eigenvalue weighted by atomic mass is 32.2. The maximum atomic E-state index is 12.4. The molecule has 2 aliphatic rings. The number of carbonyl (C=O) groups excluding carboxylic acids is 2. The van der Waals surface area contributed by atoms with E-state index in [4.69, 9.17) is 5.21 Å². The number of hydrogen-bond acceptors (Lipinski definition) is 7. The molecule has 9 heteroatoms. The van der Waals surface area contributed by atoms with Crippen molar-refractivity contribution in [3.05, 3.63) is 58.5 Å². The number of benzene rings is 1. The van der Waals surface area contributed by atoms with Gasteiger partial charge in [0.2, 0.25) is 0 Å². The number of nitrogens with zero attached hydrogens (tertiary/aromatic N) is 2. The summed E-state index contributed by atoms with van der Waals surface area (Å²) >= 11 is 1.75. The van der Waals surface area contributed by atoms with E-state index < -0.39 is 24.0 Å². The summed E-state index contributed by atoms with van der Waals surface area (Å²) in [6.07, 6.45) is 3.21. The lowest BCUT2D eigenvalue weighted by Crippen LogP contribution is -2.51. The van der Waals surface area contributed by atoms with Gasteiger partial charge in [0, 0.05) is 38.3 Å². The predicted molar refractivity (Wildman–Crippen MR) is 121 cm³/mol. The fourth-order valence-corrected chi connectivity index (χ4v) is 4.48. The Morgan fingerprint density at radius 1 is 1.19 bits per heavy atom. The van der Waals surface area contributed by atoms with Crippen LogP contribution in [0.25, 0.3) is 0 Å². The van der Waals surface area contributed by atoms with Gasteiger partial charge >= 0.3 is 0 Å². The van der Waals surface area contributed by atoms with Gasteiger partial charge in [-0.15, -0.1) is 11.8 Å². The van der Waals surface area contributed by atoms with Crippen LogP contribution in [0.15, 0.2) is 47.4 Å². The molecule has 4 N–H and O–H groups in total. The lowest BCUT2D eigenvalue weighted by Gasteiger charge is -2.33. The normalized spacial score (nSPS) is 21.8. The van der Waals surface area contributed by atoms with Crippen LogP contribution in [0.1, 0.15) is 28.1 Å². The summed E-state index contributed by atoms with van der Waals surface area (Å²) in [6.45, 7) is 6.73. The van der Waals surface area contributed by atoms with Crippen molar-refractivity contribution in [2.24, 2.45) is 0 Å². The third-order valence-electron chi connectivity index (χ3n) is 5.52. The number of piperazine rings is 1. The highest BCUT2D eigenvalue weighted by molar-refractivity contribution is 8.02. The van der Waals surface area contributed by atoms with Crippen LogP contribution in [0, 0.1) is 0 Å². The van der Waals surface area contributed by atoms with Gasteiger partial charge in [-0.3, -0.25) is 19.7 Å². The van der Waals surface area contributed by atoms with Crippen LogP contribution < -0.4 is 10.8 Å². The van der Waals surface area contributed by atoms with Gasteiger partial charge in [0.1, 0.15) is 6.04 Å². The third-order valence-corrected chi connectivity index (χ3v) is 6.68. The zero-order chi connectivity index (χ0) is 22.4. The van der Waals surface area contributed by atoms with Crippen LogP contribution in [-0.2, 0) is 4.79 Å².